The number of rotatable bonds is 7. The van der Waals surface area contributed by atoms with Crippen molar-refractivity contribution < 1.29 is 4.79 Å². The molecular formula is C18H24N4O. The molecule has 0 aliphatic heterocycles. The summed E-state index contributed by atoms with van der Waals surface area (Å²) in [6.07, 6.45) is 4.18. The maximum atomic E-state index is 12.7. The van der Waals surface area contributed by atoms with Gasteiger partial charge in [0.25, 0.3) is 5.91 Å². The predicted molar refractivity (Wildman–Crippen MR) is 92.3 cm³/mol. The second kappa shape index (κ2) is 8.27. The van der Waals surface area contributed by atoms with E-state index in [9.17, 15) is 4.79 Å². The molecule has 0 spiro atoms. The Bertz CT molecular complexity index is 611. The average molecular weight is 312 g/mol. The summed E-state index contributed by atoms with van der Waals surface area (Å²) in [6.45, 7) is 7.50. The van der Waals surface area contributed by atoms with Crippen LogP contribution in [-0.2, 0) is 6.54 Å². The summed E-state index contributed by atoms with van der Waals surface area (Å²) in [5.41, 5.74) is 1.62. The lowest BCUT2D eigenvalue weighted by Gasteiger charge is -2.26. The molecule has 122 valence electrons. The van der Waals surface area contributed by atoms with Crippen molar-refractivity contribution in [1.29, 1.82) is 0 Å². The van der Waals surface area contributed by atoms with Gasteiger partial charge in [-0.3, -0.25) is 4.79 Å². The smallest absolute Gasteiger partial charge is 0.257 e. The monoisotopic (exact) mass is 312 g/mol. The zero-order valence-electron chi connectivity index (χ0n) is 14.0. The van der Waals surface area contributed by atoms with Gasteiger partial charge in [-0.05, 0) is 25.8 Å². The van der Waals surface area contributed by atoms with E-state index in [4.69, 9.17) is 0 Å². The number of amides is 1. The third kappa shape index (κ3) is 4.77. The van der Waals surface area contributed by atoms with Crippen LogP contribution in [0.4, 0.5) is 5.95 Å². The van der Waals surface area contributed by atoms with E-state index in [1.54, 1.807) is 12.4 Å². The summed E-state index contributed by atoms with van der Waals surface area (Å²) in [6, 6.07) is 10.1. The number of nitrogens with zero attached hydrogens (tertiary/aromatic N) is 3. The first-order valence-electron chi connectivity index (χ1n) is 8.02. The van der Waals surface area contributed by atoms with E-state index in [2.05, 4.69) is 22.2 Å². The Morgan fingerprint density at radius 1 is 1.17 bits per heavy atom. The fourth-order valence-electron chi connectivity index (χ4n) is 2.20. The van der Waals surface area contributed by atoms with E-state index in [-0.39, 0.29) is 11.9 Å². The molecule has 0 radical (unpaired) electrons. The molecule has 1 N–H and O–H groups in total. The van der Waals surface area contributed by atoms with E-state index in [1.807, 2.05) is 49.1 Å². The van der Waals surface area contributed by atoms with Crippen LogP contribution in [0.1, 0.15) is 43.1 Å². The highest BCUT2D eigenvalue weighted by Gasteiger charge is 2.19. The number of aromatic nitrogens is 2. The number of benzene rings is 1. The summed E-state index contributed by atoms with van der Waals surface area (Å²) in [4.78, 5) is 23.0. The fraction of sp³-hybridized carbons (Fsp3) is 0.389. The molecule has 1 aromatic carbocycles. The van der Waals surface area contributed by atoms with Gasteiger partial charge in [-0.15, -0.1) is 0 Å². The molecule has 0 saturated carbocycles. The Balaban J connectivity index is 2.11. The maximum Gasteiger partial charge on any atom is 0.257 e. The normalized spacial score (nSPS) is 10.6. The zero-order valence-corrected chi connectivity index (χ0v) is 14.0. The minimum absolute atomic E-state index is 0.0501. The maximum absolute atomic E-state index is 12.7. The Morgan fingerprint density at radius 2 is 1.83 bits per heavy atom. The highest BCUT2D eigenvalue weighted by Crippen LogP contribution is 2.13. The minimum Gasteiger partial charge on any atom is -0.354 e. The number of carbonyl (C=O) groups excluding carboxylic acids is 1. The number of nitrogens with one attached hydrogen (secondary N) is 1. The van der Waals surface area contributed by atoms with Crippen LogP contribution in [0.25, 0.3) is 0 Å². The third-order valence-electron chi connectivity index (χ3n) is 3.51. The zero-order chi connectivity index (χ0) is 16.7. The van der Waals surface area contributed by atoms with Gasteiger partial charge in [0.15, 0.2) is 0 Å². The molecule has 2 rings (SSSR count). The van der Waals surface area contributed by atoms with Crippen LogP contribution >= 0.6 is 0 Å². The molecule has 0 bridgehead atoms. The third-order valence-corrected chi connectivity index (χ3v) is 3.51. The van der Waals surface area contributed by atoms with Crippen molar-refractivity contribution in [3.63, 3.8) is 0 Å². The van der Waals surface area contributed by atoms with Crippen LogP contribution in [0.5, 0.6) is 0 Å². The molecule has 0 unspecified atom stereocenters. The van der Waals surface area contributed by atoms with E-state index in [0.29, 0.717) is 18.1 Å². The summed E-state index contributed by atoms with van der Waals surface area (Å²) in [5.74, 6) is 0.508. The molecule has 1 aromatic heterocycles. The molecule has 1 amide bonds. The van der Waals surface area contributed by atoms with Crippen LogP contribution in [-0.4, -0.2) is 33.4 Å². The minimum atomic E-state index is -0.0501. The SMILES string of the molecule is CCCNc1ncc(C(=O)N(Cc2ccccc2)C(C)C)cn1. The fourth-order valence-corrected chi connectivity index (χ4v) is 2.20. The Labute approximate surface area is 137 Å². The second-order valence-electron chi connectivity index (χ2n) is 5.73. The first kappa shape index (κ1) is 16.9. The van der Waals surface area contributed by atoms with Crippen LogP contribution in [0, 0.1) is 0 Å². The first-order valence-corrected chi connectivity index (χ1v) is 8.02. The summed E-state index contributed by atoms with van der Waals surface area (Å²) in [5, 5.41) is 3.11. The lowest BCUT2D eigenvalue weighted by atomic mass is 10.1. The summed E-state index contributed by atoms with van der Waals surface area (Å²) >= 11 is 0. The van der Waals surface area contributed by atoms with Gasteiger partial charge in [-0.1, -0.05) is 37.3 Å². The highest BCUT2D eigenvalue weighted by atomic mass is 16.2. The van der Waals surface area contributed by atoms with Gasteiger partial charge in [-0.25, -0.2) is 9.97 Å². The van der Waals surface area contributed by atoms with Crippen LogP contribution in [0.3, 0.4) is 0 Å². The van der Waals surface area contributed by atoms with Gasteiger partial charge in [0.05, 0.1) is 5.56 Å². The molecule has 1 heterocycles. The Kier molecular flexibility index (Phi) is 6.09. The first-order chi connectivity index (χ1) is 11.1. The van der Waals surface area contributed by atoms with E-state index in [0.717, 1.165) is 18.5 Å². The molecule has 5 nitrogen and oxygen atoms in total. The van der Waals surface area contributed by atoms with Gasteiger partial charge in [0, 0.05) is 31.5 Å². The van der Waals surface area contributed by atoms with Crippen molar-refractivity contribution in [1.82, 2.24) is 14.9 Å². The second-order valence-corrected chi connectivity index (χ2v) is 5.73. The molecule has 0 saturated heterocycles. The topological polar surface area (TPSA) is 58.1 Å². The molecule has 5 heteroatoms. The van der Waals surface area contributed by atoms with Crippen molar-refractivity contribution in [2.45, 2.75) is 39.8 Å². The summed E-state index contributed by atoms with van der Waals surface area (Å²) < 4.78 is 0. The Hall–Kier alpha value is -2.43. The van der Waals surface area contributed by atoms with Crippen LogP contribution in [0.2, 0.25) is 0 Å². The standard InChI is InChI=1S/C18H24N4O/c1-4-10-19-18-20-11-16(12-21-18)17(23)22(14(2)3)13-15-8-6-5-7-9-15/h5-9,11-12,14H,4,10,13H2,1-3H3,(H,19,20,21). The van der Waals surface area contributed by atoms with Gasteiger partial charge >= 0.3 is 0 Å². The average Bonchev–Trinajstić information content (AvgIpc) is 2.58. The van der Waals surface area contributed by atoms with Gasteiger partial charge in [0.2, 0.25) is 5.95 Å². The molecule has 0 aliphatic rings. The van der Waals surface area contributed by atoms with Crippen molar-refractivity contribution in [3.8, 4) is 0 Å². The van der Waals surface area contributed by atoms with E-state index in [1.165, 1.54) is 0 Å². The molecule has 0 fully saturated rings. The van der Waals surface area contributed by atoms with Crippen molar-refractivity contribution >= 4 is 11.9 Å². The molecule has 0 aliphatic carbocycles. The summed E-state index contributed by atoms with van der Waals surface area (Å²) in [7, 11) is 0. The highest BCUT2D eigenvalue weighted by molar-refractivity contribution is 5.93. The number of hydrogen-bond donors (Lipinski definition) is 1. The molecule has 0 atom stereocenters. The predicted octanol–water partition coefficient (Wildman–Crippen LogP) is 3.35. The van der Waals surface area contributed by atoms with Crippen molar-refractivity contribution in [2.75, 3.05) is 11.9 Å². The Morgan fingerprint density at radius 3 is 2.39 bits per heavy atom. The largest absolute Gasteiger partial charge is 0.354 e. The lowest BCUT2D eigenvalue weighted by Crippen LogP contribution is -2.36. The molecule has 23 heavy (non-hydrogen) atoms. The van der Waals surface area contributed by atoms with Crippen LogP contribution < -0.4 is 5.32 Å². The van der Waals surface area contributed by atoms with Crippen molar-refractivity contribution in [2.24, 2.45) is 0 Å². The number of anilines is 1. The lowest BCUT2D eigenvalue weighted by molar-refractivity contribution is 0.0689. The van der Waals surface area contributed by atoms with Crippen LogP contribution in [0.15, 0.2) is 42.7 Å². The number of hydrogen-bond acceptors (Lipinski definition) is 4. The van der Waals surface area contributed by atoms with Gasteiger partial charge in [-0.2, -0.15) is 0 Å². The molecule has 2 aromatic rings. The number of carbonyl (C=O) groups is 1. The molecular weight excluding hydrogens is 288 g/mol. The quantitative estimate of drug-likeness (QED) is 0.852. The van der Waals surface area contributed by atoms with E-state index < -0.39 is 0 Å². The van der Waals surface area contributed by atoms with Gasteiger partial charge in [0.1, 0.15) is 0 Å². The van der Waals surface area contributed by atoms with Crippen molar-refractivity contribution in [3.05, 3.63) is 53.9 Å². The van der Waals surface area contributed by atoms with Gasteiger partial charge < -0.3 is 10.2 Å². The van der Waals surface area contributed by atoms with E-state index >= 15 is 0 Å².